The molecule has 1 N–H and O–H groups in total. The van der Waals surface area contributed by atoms with Gasteiger partial charge in [0, 0.05) is 5.56 Å². The molecule has 0 spiro atoms. The third-order valence-corrected chi connectivity index (χ3v) is 3.19. The molecular weight excluding hydrogens is 331 g/mol. The Balaban J connectivity index is 1.80. The highest BCUT2D eigenvalue weighted by atomic mass is 19.4. The lowest BCUT2D eigenvalue weighted by Gasteiger charge is -2.06. The Morgan fingerprint density at radius 2 is 1.88 bits per heavy atom. The number of hydrogen-bond acceptors (Lipinski definition) is 2. The minimum absolute atomic E-state index is 0.0202. The fraction of sp³-hybridized carbons (Fsp3) is 0.211. The summed E-state index contributed by atoms with van der Waals surface area (Å²) >= 11 is 0. The maximum absolute atomic E-state index is 12.6. The molecule has 2 aromatic rings. The van der Waals surface area contributed by atoms with Gasteiger partial charge in [-0.1, -0.05) is 35.6 Å². The standard InChI is InChI=1S/C19H16F3NO2/c1-14-7-9-17(10-8-14)25-13-18(24)23-11-3-5-15-4-2-6-16(12-15)19(20,21)22/h2,4,6-10,12H,11,13H2,1H3,(H,23,24). The Morgan fingerprint density at radius 1 is 1.16 bits per heavy atom. The SMILES string of the molecule is Cc1ccc(OCC(=O)NCC#Cc2cccc(C(F)(F)F)c2)cc1. The van der Waals surface area contributed by atoms with Crippen LogP contribution in [0.25, 0.3) is 0 Å². The average Bonchev–Trinajstić information content (AvgIpc) is 2.58. The minimum Gasteiger partial charge on any atom is -0.484 e. The summed E-state index contributed by atoms with van der Waals surface area (Å²) in [6.45, 7) is 1.81. The van der Waals surface area contributed by atoms with Gasteiger partial charge in [0.05, 0.1) is 12.1 Å². The number of nitrogens with one attached hydrogen (secondary N) is 1. The van der Waals surface area contributed by atoms with Crippen LogP contribution < -0.4 is 10.1 Å². The van der Waals surface area contributed by atoms with Crippen molar-refractivity contribution in [2.45, 2.75) is 13.1 Å². The van der Waals surface area contributed by atoms with Gasteiger partial charge in [-0.25, -0.2) is 0 Å². The van der Waals surface area contributed by atoms with Crippen LogP contribution in [0.5, 0.6) is 5.75 Å². The zero-order valence-electron chi connectivity index (χ0n) is 13.5. The van der Waals surface area contributed by atoms with E-state index < -0.39 is 11.7 Å². The number of ether oxygens (including phenoxy) is 1. The van der Waals surface area contributed by atoms with E-state index in [1.54, 1.807) is 12.1 Å². The molecule has 0 saturated carbocycles. The monoisotopic (exact) mass is 347 g/mol. The van der Waals surface area contributed by atoms with Crippen LogP contribution in [0, 0.1) is 18.8 Å². The quantitative estimate of drug-likeness (QED) is 0.859. The van der Waals surface area contributed by atoms with Crippen molar-refractivity contribution in [3.8, 4) is 17.6 Å². The van der Waals surface area contributed by atoms with Gasteiger partial charge in [-0.2, -0.15) is 13.2 Å². The molecule has 0 aromatic heterocycles. The molecule has 130 valence electrons. The van der Waals surface area contributed by atoms with E-state index in [9.17, 15) is 18.0 Å². The number of hydrogen-bond donors (Lipinski definition) is 1. The van der Waals surface area contributed by atoms with Gasteiger partial charge in [0.25, 0.3) is 5.91 Å². The highest BCUT2D eigenvalue weighted by Gasteiger charge is 2.30. The largest absolute Gasteiger partial charge is 0.484 e. The van der Waals surface area contributed by atoms with E-state index in [2.05, 4.69) is 17.2 Å². The third-order valence-electron chi connectivity index (χ3n) is 3.19. The van der Waals surface area contributed by atoms with Gasteiger partial charge in [-0.3, -0.25) is 4.79 Å². The average molecular weight is 347 g/mol. The van der Waals surface area contributed by atoms with E-state index >= 15 is 0 Å². The molecule has 0 fully saturated rings. The smallest absolute Gasteiger partial charge is 0.416 e. The molecule has 0 radical (unpaired) electrons. The Bertz CT molecular complexity index is 787. The first kappa shape index (κ1) is 18.4. The highest BCUT2D eigenvalue weighted by Crippen LogP contribution is 2.29. The van der Waals surface area contributed by atoms with Gasteiger partial charge in [0.2, 0.25) is 0 Å². The molecule has 0 heterocycles. The van der Waals surface area contributed by atoms with E-state index in [4.69, 9.17) is 4.74 Å². The molecule has 6 heteroatoms. The zero-order valence-corrected chi connectivity index (χ0v) is 13.5. The van der Waals surface area contributed by atoms with Gasteiger partial charge >= 0.3 is 6.18 Å². The number of halogens is 3. The van der Waals surface area contributed by atoms with Crippen molar-refractivity contribution < 1.29 is 22.7 Å². The molecular formula is C19H16F3NO2. The van der Waals surface area contributed by atoms with E-state index in [0.717, 1.165) is 17.7 Å². The van der Waals surface area contributed by atoms with Gasteiger partial charge in [0.15, 0.2) is 6.61 Å². The summed E-state index contributed by atoms with van der Waals surface area (Å²) in [5, 5.41) is 2.52. The topological polar surface area (TPSA) is 38.3 Å². The Kier molecular flexibility index (Phi) is 6.07. The van der Waals surface area contributed by atoms with E-state index in [-0.39, 0.29) is 24.6 Å². The summed E-state index contributed by atoms with van der Waals surface area (Å²) in [6, 6.07) is 12.0. The van der Waals surface area contributed by atoms with Crippen molar-refractivity contribution in [2.24, 2.45) is 0 Å². The minimum atomic E-state index is -4.40. The molecule has 0 unspecified atom stereocenters. The van der Waals surface area contributed by atoms with Gasteiger partial charge < -0.3 is 10.1 Å². The second kappa shape index (κ2) is 8.25. The normalized spacial score (nSPS) is 10.6. The summed E-state index contributed by atoms with van der Waals surface area (Å²) in [7, 11) is 0. The molecule has 2 rings (SSSR count). The molecule has 0 aliphatic rings. The van der Waals surface area contributed by atoms with Crippen LogP contribution in [0.3, 0.4) is 0 Å². The predicted molar refractivity (Wildman–Crippen MR) is 88.0 cm³/mol. The first-order chi connectivity index (χ1) is 11.8. The highest BCUT2D eigenvalue weighted by molar-refractivity contribution is 5.77. The van der Waals surface area contributed by atoms with Gasteiger partial charge in [0.1, 0.15) is 5.75 Å². The molecule has 0 saturated heterocycles. The maximum Gasteiger partial charge on any atom is 0.416 e. The predicted octanol–water partition coefficient (Wildman–Crippen LogP) is 3.56. The first-order valence-corrected chi connectivity index (χ1v) is 7.47. The van der Waals surface area contributed by atoms with Crippen LogP contribution in [0.15, 0.2) is 48.5 Å². The van der Waals surface area contributed by atoms with Crippen molar-refractivity contribution in [1.29, 1.82) is 0 Å². The fourth-order valence-electron chi connectivity index (χ4n) is 1.90. The van der Waals surface area contributed by atoms with Crippen LogP contribution in [0.2, 0.25) is 0 Å². The molecule has 0 aliphatic heterocycles. The van der Waals surface area contributed by atoms with Crippen LogP contribution >= 0.6 is 0 Å². The molecule has 1 amide bonds. The number of rotatable bonds is 4. The lowest BCUT2D eigenvalue weighted by atomic mass is 10.1. The number of aryl methyl sites for hydroxylation is 1. The van der Waals surface area contributed by atoms with Gasteiger partial charge in [-0.15, -0.1) is 0 Å². The van der Waals surface area contributed by atoms with Crippen molar-refractivity contribution in [3.05, 3.63) is 65.2 Å². The van der Waals surface area contributed by atoms with Crippen molar-refractivity contribution >= 4 is 5.91 Å². The molecule has 0 bridgehead atoms. The second-order valence-corrected chi connectivity index (χ2v) is 5.26. The number of carbonyl (C=O) groups is 1. The van der Waals surface area contributed by atoms with Crippen LogP contribution in [0.1, 0.15) is 16.7 Å². The summed E-state index contributed by atoms with van der Waals surface area (Å²) in [5.41, 5.74) is 0.566. The lowest BCUT2D eigenvalue weighted by Crippen LogP contribution is -2.29. The number of amides is 1. The first-order valence-electron chi connectivity index (χ1n) is 7.47. The Labute approximate surface area is 143 Å². The second-order valence-electron chi connectivity index (χ2n) is 5.26. The number of carbonyl (C=O) groups excluding carboxylic acids is 1. The van der Waals surface area contributed by atoms with Crippen LogP contribution in [-0.2, 0) is 11.0 Å². The Hall–Kier alpha value is -2.94. The number of alkyl halides is 3. The van der Waals surface area contributed by atoms with E-state index in [1.807, 2.05) is 19.1 Å². The molecule has 0 atom stereocenters. The van der Waals surface area contributed by atoms with Gasteiger partial charge in [-0.05, 0) is 37.3 Å². The van der Waals surface area contributed by atoms with Crippen molar-refractivity contribution in [3.63, 3.8) is 0 Å². The van der Waals surface area contributed by atoms with Crippen molar-refractivity contribution in [1.82, 2.24) is 5.32 Å². The van der Waals surface area contributed by atoms with Crippen LogP contribution in [0.4, 0.5) is 13.2 Å². The van der Waals surface area contributed by atoms with Crippen molar-refractivity contribution in [2.75, 3.05) is 13.2 Å². The lowest BCUT2D eigenvalue weighted by molar-refractivity contribution is -0.137. The van der Waals surface area contributed by atoms with E-state index in [0.29, 0.717) is 5.75 Å². The third kappa shape index (κ3) is 6.22. The molecule has 3 nitrogen and oxygen atoms in total. The molecule has 25 heavy (non-hydrogen) atoms. The number of benzene rings is 2. The molecule has 2 aromatic carbocycles. The van der Waals surface area contributed by atoms with Crippen LogP contribution in [-0.4, -0.2) is 19.1 Å². The molecule has 0 aliphatic carbocycles. The zero-order chi connectivity index (χ0) is 18.3. The Morgan fingerprint density at radius 3 is 2.56 bits per heavy atom. The fourth-order valence-corrected chi connectivity index (χ4v) is 1.90. The summed E-state index contributed by atoms with van der Waals surface area (Å²) in [6.07, 6.45) is -4.40. The van der Waals surface area contributed by atoms with E-state index in [1.165, 1.54) is 12.1 Å². The summed E-state index contributed by atoms with van der Waals surface area (Å²) < 4.78 is 43.1. The summed E-state index contributed by atoms with van der Waals surface area (Å²) in [4.78, 5) is 11.6. The maximum atomic E-state index is 12.6. The summed E-state index contributed by atoms with van der Waals surface area (Å²) in [5.74, 6) is 5.42.